The van der Waals surface area contributed by atoms with Crippen LogP contribution in [0.4, 0.5) is 4.39 Å². The van der Waals surface area contributed by atoms with Gasteiger partial charge in [-0.15, -0.1) is 11.3 Å². The van der Waals surface area contributed by atoms with Crippen molar-refractivity contribution in [1.29, 1.82) is 0 Å². The summed E-state index contributed by atoms with van der Waals surface area (Å²) in [5.41, 5.74) is 3.27. The number of hydrogen-bond donors (Lipinski definition) is 1. The predicted octanol–water partition coefficient (Wildman–Crippen LogP) is 3.59. The highest BCUT2D eigenvalue weighted by molar-refractivity contribution is 7.19. The molecular weight excluding hydrogens is 403 g/mol. The first-order valence-electron chi connectivity index (χ1n) is 9.37. The lowest BCUT2D eigenvalue weighted by Gasteiger charge is -2.10. The summed E-state index contributed by atoms with van der Waals surface area (Å²) in [5, 5.41) is 7.98. The zero-order valence-corrected chi connectivity index (χ0v) is 17.3. The number of nitrogens with one attached hydrogen (secondary N) is 1. The van der Waals surface area contributed by atoms with Crippen LogP contribution in [0.3, 0.4) is 0 Å². The normalized spacial score (nSPS) is 11.0. The SMILES string of the molecule is Cc1ccc(-c2nn(CC(=O)NCc3ccc(F)cc3)c(=O)c3nc(C)sc23)cc1. The molecule has 0 saturated carbocycles. The second-order valence-corrected chi connectivity index (χ2v) is 8.19. The molecule has 0 atom stereocenters. The monoisotopic (exact) mass is 422 g/mol. The maximum absolute atomic E-state index is 13.0. The molecule has 6 nitrogen and oxygen atoms in total. The van der Waals surface area contributed by atoms with E-state index < -0.39 is 5.56 Å². The average Bonchev–Trinajstić information content (AvgIpc) is 3.12. The van der Waals surface area contributed by atoms with Crippen molar-refractivity contribution in [3.8, 4) is 11.3 Å². The molecular formula is C22H19FN4O2S. The van der Waals surface area contributed by atoms with E-state index in [0.717, 1.165) is 26.4 Å². The molecule has 2 aromatic carbocycles. The summed E-state index contributed by atoms with van der Waals surface area (Å²) in [6, 6.07) is 13.7. The van der Waals surface area contributed by atoms with Gasteiger partial charge < -0.3 is 5.32 Å². The van der Waals surface area contributed by atoms with Crippen LogP contribution in [0.1, 0.15) is 16.1 Å². The average molecular weight is 422 g/mol. The topological polar surface area (TPSA) is 76.9 Å². The van der Waals surface area contributed by atoms with Crippen molar-refractivity contribution < 1.29 is 9.18 Å². The molecule has 0 spiro atoms. The fraction of sp³-hybridized carbons (Fsp3) is 0.182. The van der Waals surface area contributed by atoms with Crippen molar-refractivity contribution in [1.82, 2.24) is 20.1 Å². The number of fused-ring (bicyclic) bond motifs is 1. The van der Waals surface area contributed by atoms with Gasteiger partial charge in [-0.1, -0.05) is 42.0 Å². The first-order chi connectivity index (χ1) is 14.4. The Bertz CT molecular complexity index is 1280. The molecule has 0 unspecified atom stereocenters. The van der Waals surface area contributed by atoms with Gasteiger partial charge in [0.15, 0.2) is 5.52 Å². The zero-order chi connectivity index (χ0) is 21.3. The largest absolute Gasteiger partial charge is 0.350 e. The fourth-order valence-electron chi connectivity index (χ4n) is 3.07. The van der Waals surface area contributed by atoms with E-state index in [9.17, 15) is 14.0 Å². The molecule has 4 rings (SSSR count). The fourth-order valence-corrected chi connectivity index (χ4v) is 3.99. The summed E-state index contributed by atoms with van der Waals surface area (Å²) in [7, 11) is 0. The van der Waals surface area contributed by atoms with E-state index in [-0.39, 0.29) is 24.8 Å². The summed E-state index contributed by atoms with van der Waals surface area (Å²) in [5.74, 6) is -0.702. The predicted molar refractivity (Wildman–Crippen MR) is 115 cm³/mol. The summed E-state index contributed by atoms with van der Waals surface area (Å²) >= 11 is 1.41. The summed E-state index contributed by atoms with van der Waals surface area (Å²) < 4.78 is 14.9. The third-order valence-electron chi connectivity index (χ3n) is 4.63. The number of aryl methyl sites for hydroxylation is 2. The molecule has 0 aliphatic rings. The van der Waals surface area contributed by atoms with Gasteiger partial charge in [0, 0.05) is 12.1 Å². The maximum atomic E-state index is 13.0. The minimum atomic E-state index is -0.401. The van der Waals surface area contributed by atoms with Gasteiger partial charge in [0.2, 0.25) is 5.91 Å². The second kappa shape index (κ2) is 8.16. The van der Waals surface area contributed by atoms with Gasteiger partial charge in [-0.05, 0) is 31.5 Å². The molecule has 0 saturated heterocycles. The molecule has 8 heteroatoms. The highest BCUT2D eigenvalue weighted by Gasteiger charge is 2.17. The number of benzene rings is 2. The van der Waals surface area contributed by atoms with Crippen LogP contribution in [0.2, 0.25) is 0 Å². The van der Waals surface area contributed by atoms with Crippen LogP contribution in [0.25, 0.3) is 21.5 Å². The second-order valence-electron chi connectivity index (χ2n) is 6.99. The van der Waals surface area contributed by atoms with Gasteiger partial charge in [0.05, 0.1) is 9.71 Å². The van der Waals surface area contributed by atoms with E-state index in [1.807, 2.05) is 38.1 Å². The smallest absolute Gasteiger partial charge is 0.294 e. The molecule has 152 valence electrons. The molecule has 4 aromatic rings. The summed E-state index contributed by atoms with van der Waals surface area (Å²) in [6.45, 7) is 3.83. The van der Waals surface area contributed by atoms with Crippen LogP contribution in [-0.2, 0) is 17.9 Å². The molecule has 1 N–H and O–H groups in total. The van der Waals surface area contributed by atoms with E-state index in [4.69, 9.17) is 0 Å². The number of halogens is 1. The van der Waals surface area contributed by atoms with E-state index >= 15 is 0 Å². The lowest BCUT2D eigenvalue weighted by Crippen LogP contribution is -2.33. The van der Waals surface area contributed by atoms with Gasteiger partial charge in [-0.2, -0.15) is 5.10 Å². The van der Waals surface area contributed by atoms with Gasteiger partial charge in [0.25, 0.3) is 5.56 Å². The summed E-state index contributed by atoms with van der Waals surface area (Å²) in [6.07, 6.45) is 0. The molecule has 1 amide bonds. The number of thiazole rings is 1. The van der Waals surface area contributed by atoms with Gasteiger partial charge in [-0.25, -0.2) is 14.1 Å². The Balaban J connectivity index is 1.64. The highest BCUT2D eigenvalue weighted by atomic mass is 32.1. The van der Waals surface area contributed by atoms with Crippen molar-refractivity contribution in [2.24, 2.45) is 0 Å². The van der Waals surface area contributed by atoms with Crippen LogP contribution in [0, 0.1) is 19.7 Å². The molecule has 0 fully saturated rings. The zero-order valence-electron chi connectivity index (χ0n) is 16.5. The maximum Gasteiger partial charge on any atom is 0.294 e. The van der Waals surface area contributed by atoms with Crippen molar-refractivity contribution in [3.63, 3.8) is 0 Å². The number of hydrogen-bond acceptors (Lipinski definition) is 5. The minimum Gasteiger partial charge on any atom is -0.350 e. The van der Waals surface area contributed by atoms with E-state index in [0.29, 0.717) is 15.9 Å². The number of aromatic nitrogens is 3. The van der Waals surface area contributed by atoms with Gasteiger partial charge in [-0.3, -0.25) is 9.59 Å². The summed E-state index contributed by atoms with van der Waals surface area (Å²) in [4.78, 5) is 29.6. The van der Waals surface area contributed by atoms with Crippen LogP contribution in [0.15, 0.2) is 53.3 Å². The minimum absolute atomic E-state index is 0.231. The van der Waals surface area contributed by atoms with Crippen LogP contribution in [-0.4, -0.2) is 20.7 Å². The van der Waals surface area contributed by atoms with E-state index in [2.05, 4.69) is 15.4 Å². The lowest BCUT2D eigenvalue weighted by atomic mass is 10.1. The Morgan fingerprint density at radius 3 is 2.50 bits per heavy atom. The van der Waals surface area contributed by atoms with Crippen molar-refractivity contribution in [2.75, 3.05) is 0 Å². The first kappa shape index (κ1) is 19.9. The number of rotatable bonds is 5. The van der Waals surface area contributed by atoms with E-state index in [1.54, 1.807) is 12.1 Å². The molecule has 0 aliphatic heterocycles. The lowest BCUT2D eigenvalue weighted by molar-refractivity contribution is -0.122. The standard InChI is InChI=1S/C22H19FN4O2S/c1-13-3-7-16(8-4-13)19-21-20(25-14(2)30-21)22(29)27(26-19)12-18(28)24-11-15-5-9-17(23)10-6-15/h3-10H,11-12H2,1-2H3,(H,24,28). The first-order valence-corrected chi connectivity index (χ1v) is 10.2. The van der Waals surface area contributed by atoms with Crippen LogP contribution < -0.4 is 10.9 Å². The number of nitrogens with zero attached hydrogens (tertiary/aromatic N) is 3. The Morgan fingerprint density at radius 2 is 1.80 bits per heavy atom. The molecule has 2 aromatic heterocycles. The number of amides is 1. The van der Waals surface area contributed by atoms with Crippen molar-refractivity contribution in [3.05, 3.63) is 80.8 Å². The quantitative estimate of drug-likeness (QED) is 0.533. The Kier molecular flexibility index (Phi) is 5.41. The van der Waals surface area contributed by atoms with Crippen LogP contribution >= 0.6 is 11.3 Å². The molecule has 30 heavy (non-hydrogen) atoms. The number of carbonyl (C=O) groups is 1. The third-order valence-corrected chi connectivity index (χ3v) is 5.61. The number of carbonyl (C=O) groups excluding carboxylic acids is 1. The Labute approximate surface area is 176 Å². The highest BCUT2D eigenvalue weighted by Crippen LogP contribution is 2.29. The van der Waals surface area contributed by atoms with Gasteiger partial charge >= 0.3 is 0 Å². The molecule has 0 bridgehead atoms. The Morgan fingerprint density at radius 1 is 1.10 bits per heavy atom. The van der Waals surface area contributed by atoms with Gasteiger partial charge in [0.1, 0.15) is 18.1 Å². The van der Waals surface area contributed by atoms with Crippen molar-refractivity contribution in [2.45, 2.75) is 26.9 Å². The Hall–Kier alpha value is -3.39. The van der Waals surface area contributed by atoms with E-state index in [1.165, 1.54) is 23.5 Å². The molecule has 0 aliphatic carbocycles. The third kappa shape index (κ3) is 4.13. The molecule has 0 radical (unpaired) electrons. The van der Waals surface area contributed by atoms with Crippen molar-refractivity contribution >= 4 is 27.5 Å². The molecule has 2 heterocycles. The van der Waals surface area contributed by atoms with Crippen LogP contribution in [0.5, 0.6) is 0 Å².